The van der Waals surface area contributed by atoms with Crippen molar-refractivity contribution < 1.29 is 14.3 Å². The van der Waals surface area contributed by atoms with Crippen molar-refractivity contribution in [2.24, 2.45) is 0 Å². The van der Waals surface area contributed by atoms with Crippen LogP contribution in [0.2, 0.25) is 0 Å². The number of aryl methyl sites for hydroxylation is 3. The van der Waals surface area contributed by atoms with Crippen molar-refractivity contribution in [1.82, 2.24) is 0 Å². The zero-order valence-corrected chi connectivity index (χ0v) is 16.2. The SMILES string of the molecule is Cc1cc(=O)c(C)c2oc3c(C)c(C)ccc3c(-c3ccccc3C(=O)O)c1-2. The second-order valence-electron chi connectivity index (χ2n) is 7.23. The summed E-state index contributed by atoms with van der Waals surface area (Å²) in [5.74, 6) is -0.474. The number of aromatic carboxylic acids is 1. The highest BCUT2D eigenvalue weighted by atomic mass is 16.4. The summed E-state index contributed by atoms with van der Waals surface area (Å²) in [7, 11) is 0. The molecule has 4 rings (SSSR count). The van der Waals surface area contributed by atoms with Gasteiger partial charge in [0.05, 0.1) is 5.56 Å². The molecule has 1 N–H and O–H groups in total. The molecule has 28 heavy (non-hydrogen) atoms. The summed E-state index contributed by atoms with van der Waals surface area (Å²) in [5.41, 5.74) is 6.33. The van der Waals surface area contributed by atoms with Gasteiger partial charge in [0.1, 0.15) is 11.3 Å². The number of carboxylic acids is 1. The third-order valence-corrected chi connectivity index (χ3v) is 5.51. The van der Waals surface area contributed by atoms with E-state index in [4.69, 9.17) is 4.42 Å². The van der Waals surface area contributed by atoms with Crippen LogP contribution in [0.15, 0.2) is 51.7 Å². The predicted molar refractivity (Wildman–Crippen MR) is 110 cm³/mol. The maximum atomic E-state index is 12.4. The Hall–Kier alpha value is -3.40. The Labute approximate surface area is 162 Å². The van der Waals surface area contributed by atoms with E-state index in [1.54, 1.807) is 25.1 Å². The molecule has 0 amide bonds. The zero-order valence-electron chi connectivity index (χ0n) is 16.2. The summed E-state index contributed by atoms with van der Waals surface area (Å²) in [6, 6.07) is 12.5. The summed E-state index contributed by atoms with van der Waals surface area (Å²) in [4.78, 5) is 24.3. The molecule has 2 aliphatic rings. The highest BCUT2D eigenvalue weighted by Crippen LogP contribution is 2.44. The molecular formula is C24H20O4. The molecule has 0 unspecified atom stereocenters. The van der Waals surface area contributed by atoms with Gasteiger partial charge >= 0.3 is 5.97 Å². The van der Waals surface area contributed by atoms with Gasteiger partial charge in [-0.2, -0.15) is 0 Å². The van der Waals surface area contributed by atoms with Crippen molar-refractivity contribution in [2.75, 3.05) is 0 Å². The monoisotopic (exact) mass is 372 g/mol. The molecule has 0 aromatic heterocycles. The third kappa shape index (κ3) is 2.53. The van der Waals surface area contributed by atoms with Crippen LogP contribution in [-0.4, -0.2) is 11.1 Å². The minimum Gasteiger partial charge on any atom is -0.478 e. The molecule has 2 aromatic rings. The Morgan fingerprint density at radius 1 is 0.893 bits per heavy atom. The Kier molecular flexibility index (Phi) is 4.07. The average Bonchev–Trinajstić information content (AvgIpc) is 2.67. The van der Waals surface area contributed by atoms with E-state index in [0.717, 1.165) is 33.2 Å². The second-order valence-corrected chi connectivity index (χ2v) is 7.23. The predicted octanol–water partition coefficient (Wildman–Crippen LogP) is 5.50. The molecule has 1 aliphatic carbocycles. The quantitative estimate of drug-likeness (QED) is 0.472. The first-order chi connectivity index (χ1) is 13.3. The van der Waals surface area contributed by atoms with E-state index in [-0.39, 0.29) is 11.0 Å². The van der Waals surface area contributed by atoms with Crippen molar-refractivity contribution in [3.63, 3.8) is 0 Å². The van der Waals surface area contributed by atoms with Crippen LogP contribution < -0.4 is 5.43 Å². The van der Waals surface area contributed by atoms with Gasteiger partial charge in [-0.25, -0.2) is 4.79 Å². The Morgan fingerprint density at radius 2 is 1.61 bits per heavy atom. The van der Waals surface area contributed by atoms with Gasteiger partial charge in [0.25, 0.3) is 0 Å². The first kappa shape index (κ1) is 18.0. The number of hydrogen-bond acceptors (Lipinski definition) is 3. The maximum Gasteiger partial charge on any atom is 0.336 e. The molecule has 0 fully saturated rings. The molecule has 0 spiro atoms. The summed E-state index contributed by atoms with van der Waals surface area (Å²) in [6.07, 6.45) is 0. The molecular weight excluding hydrogens is 352 g/mol. The number of fused-ring (bicyclic) bond motifs is 2. The van der Waals surface area contributed by atoms with E-state index in [9.17, 15) is 14.7 Å². The maximum absolute atomic E-state index is 12.4. The van der Waals surface area contributed by atoms with Crippen molar-refractivity contribution in [1.29, 1.82) is 0 Å². The van der Waals surface area contributed by atoms with Crippen LogP contribution in [0.3, 0.4) is 0 Å². The molecule has 4 nitrogen and oxygen atoms in total. The molecule has 1 aliphatic heterocycles. The molecule has 140 valence electrons. The van der Waals surface area contributed by atoms with Gasteiger partial charge in [0.15, 0.2) is 5.43 Å². The fourth-order valence-corrected chi connectivity index (χ4v) is 3.82. The van der Waals surface area contributed by atoms with E-state index in [2.05, 4.69) is 0 Å². The van der Waals surface area contributed by atoms with Crippen LogP contribution in [0.1, 0.15) is 32.6 Å². The Balaban J connectivity index is 2.33. The van der Waals surface area contributed by atoms with Crippen LogP contribution >= 0.6 is 0 Å². The molecule has 0 bridgehead atoms. The lowest BCUT2D eigenvalue weighted by Gasteiger charge is -2.21. The molecule has 1 heterocycles. The number of benzene rings is 3. The van der Waals surface area contributed by atoms with Gasteiger partial charge in [0, 0.05) is 22.1 Å². The van der Waals surface area contributed by atoms with Crippen LogP contribution in [0.25, 0.3) is 33.4 Å². The van der Waals surface area contributed by atoms with Crippen LogP contribution in [0, 0.1) is 27.7 Å². The highest BCUT2D eigenvalue weighted by molar-refractivity contribution is 6.08. The molecule has 4 heteroatoms. The number of carbonyl (C=O) groups is 1. The third-order valence-electron chi connectivity index (χ3n) is 5.51. The summed E-state index contributed by atoms with van der Waals surface area (Å²) in [6.45, 7) is 7.58. The van der Waals surface area contributed by atoms with Gasteiger partial charge in [-0.3, -0.25) is 4.79 Å². The summed E-state index contributed by atoms with van der Waals surface area (Å²) < 4.78 is 6.27. The minimum absolute atomic E-state index is 0.0872. The minimum atomic E-state index is -0.989. The van der Waals surface area contributed by atoms with Crippen molar-refractivity contribution in [2.45, 2.75) is 27.7 Å². The van der Waals surface area contributed by atoms with Gasteiger partial charge in [0.2, 0.25) is 0 Å². The number of hydrogen-bond donors (Lipinski definition) is 1. The largest absolute Gasteiger partial charge is 0.478 e. The first-order valence-corrected chi connectivity index (χ1v) is 9.11. The van der Waals surface area contributed by atoms with Gasteiger partial charge in [-0.1, -0.05) is 30.3 Å². The van der Waals surface area contributed by atoms with Crippen LogP contribution in [0.4, 0.5) is 0 Å². The molecule has 2 aromatic carbocycles. The smallest absolute Gasteiger partial charge is 0.336 e. The molecule has 0 radical (unpaired) electrons. The summed E-state index contributed by atoms with van der Waals surface area (Å²) in [5, 5.41) is 10.6. The number of carboxylic acid groups (broad SMARTS) is 1. The lowest BCUT2D eigenvalue weighted by molar-refractivity contribution is 0.0697. The second kappa shape index (κ2) is 6.34. The van der Waals surface area contributed by atoms with E-state index >= 15 is 0 Å². The first-order valence-electron chi connectivity index (χ1n) is 9.11. The van der Waals surface area contributed by atoms with E-state index in [1.165, 1.54) is 0 Å². The van der Waals surface area contributed by atoms with E-state index in [1.807, 2.05) is 45.0 Å². The lowest BCUT2D eigenvalue weighted by atomic mass is 9.86. The Bertz CT molecular complexity index is 1290. The van der Waals surface area contributed by atoms with Gasteiger partial charge in [-0.05, 0) is 62.1 Å². The van der Waals surface area contributed by atoms with Crippen LogP contribution in [-0.2, 0) is 0 Å². The van der Waals surface area contributed by atoms with E-state index in [0.29, 0.717) is 22.5 Å². The van der Waals surface area contributed by atoms with Crippen molar-refractivity contribution in [3.8, 4) is 22.5 Å². The standard InChI is InChI=1S/C24H20O4/c1-12-9-10-18-21(16-7-5-6-8-17(16)24(26)27)20-13(2)11-19(25)15(4)23(20)28-22(18)14(12)3/h5-11H,1-4H3,(H,26,27). The highest BCUT2D eigenvalue weighted by Gasteiger charge is 2.25. The normalized spacial score (nSPS) is 11.3. The van der Waals surface area contributed by atoms with Gasteiger partial charge in [-0.15, -0.1) is 0 Å². The summed E-state index contributed by atoms with van der Waals surface area (Å²) >= 11 is 0. The fourth-order valence-electron chi connectivity index (χ4n) is 3.82. The average molecular weight is 372 g/mol. The molecule has 0 saturated carbocycles. The Morgan fingerprint density at radius 3 is 2.32 bits per heavy atom. The molecule has 0 atom stereocenters. The van der Waals surface area contributed by atoms with Gasteiger partial charge < -0.3 is 9.52 Å². The molecule has 0 saturated heterocycles. The van der Waals surface area contributed by atoms with Crippen molar-refractivity contribution >= 4 is 16.9 Å². The van der Waals surface area contributed by atoms with E-state index < -0.39 is 5.97 Å². The lowest BCUT2D eigenvalue weighted by Crippen LogP contribution is -2.10. The zero-order chi connectivity index (χ0) is 20.2. The fraction of sp³-hybridized carbons (Fsp3) is 0.167. The number of rotatable bonds is 2. The van der Waals surface area contributed by atoms with Crippen molar-refractivity contribution in [3.05, 3.63) is 80.5 Å². The topological polar surface area (TPSA) is 67.5 Å². The van der Waals surface area contributed by atoms with Crippen LogP contribution in [0.5, 0.6) is 0 Å².